The Morgan fingerprint density at radius 1 is 1.11 bits per heavy atom. The Labute approximate surface area is 57.6 Å². The summed E-state index contributed by atoms with van der Waals surface area (Å²) < 4.78 is 0. The molecule has 3 fully saturated rings. The zero-order chi connectivity index (χ0) is 6.48. The summed E-state index contributed by atoms with van der Waals surface area (Å²) in [6, 6.07) is 0. The van der Waals surface area contributed by atoms with Crippen LogP contribution in [-0.2, 0) is 0 Å². The predicted octanol–water partition coefficient (Wildman–Crippen LogP) is 2.83. The van der Waals surface area contributed by atoms with Crippen LogP contribution in [0.25, 0.3) is 0 Å². The van der Waals surface area contributed by atoms with Gasteiger partial charge in [0.15, 0.2) is 0 Å². The zero-order valence-electron chi connectivity index (χ0n) is 6.48. The minimum atomic E-state index is 0.734. The normalized spacial score (nSPS) is 46.0. The van der Waals surface area contributed by atoms with Gasteiger partial charge in [-0.1, -0.05) is 20.3 Å². The third kappa shape index (κ3) is 0.595. The van der Waals surface area contributed by atoms with Crippen molar-refractivity contribution in [2.75, 3.05) is 0 Å². The first-order chi connectivity index (χ1) is 4.21. The highest BCUT2D eigenvalue weighted by Gasteiger charge is 2.49. The smallest absolute Gasteiger partial charge is 0.0297 e. The van der Waals surface area contributed by atoms with Crippen LogP contribution < -0.4 is 0 Å². The largest absolute Gasteiger partial charge is 0.0594 e. The van der Waals surface area contributed by atoms with Crippen molar-refractivity contribution in [2.24, 2.45) is 17.3 Å². The van der Waals surface area contributed by atoms with Gasteiger partial charge in [0.25, 0.3) is 0 Å². The summed E-state index contributed by atoms with van der Waals surface area (Å²) >= 11 is 0. The van der Waals surface area contributed by atoms with E-state index < -0.39 is 0 Å². The lowest BCUT2D eigenvalue weighted by molar-refractivity contribution is -0.0646. The number of rotatable bonds is 0. The zero-order valence-corrected chi connectivity index (χ0v) is 6.48. The predicted molar refractivity (Wildman–Crippen MR) is 39.2 cm³/mol. The van der Waals surface area contributed by atoms with Gasteiger partial charge in [-0.2, -0.15) is 0 Å². The van der Waals surface area contributed by atoms with Crippen LogP contribution in [0.3, 0.4) is 0 Å². The van der Waals surface area contributed by atoms with Gasteiger partial charge in [-0.3, -0.25) is 0 Å². The SMILES string of the molecule is CC1(C)[C@@H]2CCC[C@H]1C2. The molecule has 3 aliphatic carbocycles. The number of hydrogen-bond donors (Lipinski definition) is 0. The first-order valence-electron chi connectivity index (χ1n) is 4.21. The van der Waals surface area contributed by atoms with Crippen molar-refractivity contribution in [3.8, 4) is 0 Å². The molecule has 0 spiro atoms. The molecule has 3 saturated carbocycles. The van der Waals surface area contributed by atoms with E-state index in [9.17, 15) is 0 Å². The average molecular weight is 124 g/mol. The highest BCUT2D eigenvalue weighted by atomic mass is 14.5. The van der Waals surface area contributed by atoms with Gasteiger partial charge in [0.2, 0.25) is 0 Å². The Morgan fingerprint density at radius 2 is 1.67 bits per heavy atom. The van der Waals surface area contributed by atoms with Gasteiger partial charge >= 0.3 is 0 Å². The lowest BCUT2D eigenvalue weighted by Gasteiger charge is -2.56. The molecule has 0 saturated heterocycles. The molecule has 0 aromatic rings. The third-order valence-corrected chi connectivity index (χ3v) is 3.78. The van der Waals surface area contributed by atoms with Gasteiger partial charge in [-0.25, -0.2) is 0 Å². The molecule has 0 heteroatoms. The summed E-state index contributed by atoms with van der Waals surface area (Å²) in [6.45, 7) is 4.90. The van der Waals surface area contributed by atoms with E-state index in [0.29, 0.717) is 0 Å². The van der Waals surface area contributed by atoms with E-state index in [2.05, 4.69) is 13.8 Å². The fourth-order valence-corrected chi connectivity index (χ4v) is 2.71. The summed E-state index contributed by atoms with van der Waals surface area (Å²) in [4.78, 5) is 0. The van der Waals surface area contributed by atoms with Crippen LogP contribution in [0.4, 0.5) is 0 Å². The van der Waals surface area contributed by atoms with Gasteiger partial charge in [0.1, 0.15) is 0 Å². The molecule has 0 aromatic carbocycles. The Kier molecular flexibility index (Phi) is 0.980. The van der Waals surface area contributed by atoms with Crippen LogP contribution in [0, 0.1) is 17.3 Å². The molecule has 2 bridgehead atoms. The molecule has 0 unspecified atom stereocenters. The Hall–Kier alpha value is 0. The van der Waals surface area contributed by atoms with Gasteiger partial charge in [0.05, 0.1) is 0 Å². The molecule has 52 valence electrons. The number of hydrogen-bond acceptors (Lipinski definition) is 0. The number of fused-ring (bicyclic) bond motifs is 2. The van der Waals surface area contributed by atoms with Gasteiger partial charge < -0.3 is 0 Å². The molecular formula is C9H16. The topological polar surface area (TPSA) is 0 Å². The molecule has 9 heavy (non-hydrogen) atoms. The molecule has 2 atom stereocenters. The van der Waals surface area contributed by atoms with Crippen LogP contribution in [0.5, 0.6) is 0 Å². The first-order valence-corrected chi connectivity index (χ1v) is 4.21. The quantitative estimate of drug-likeness (QED) is 0.466. The fourth-order valence-electron chi connectivity index (χ4n) is 2.71. The molecule has 3 aliphatic rings. The van der Waals surface area contributed by atoms with Crippen molar-refractivity contribution in [3.05, 3.63) is 0 Å². The molecule has 0 N–H and O–H groups in total. The van der Waals surface area contributed by atoms with Gasteiger partial charge in [-0.05, 0) is 36.5 Å². The second-order valence-corrected chi connectivity index (χ2v) is 4.38. The van der Waals surface area contributed by atoms with Crippen molar-refractivity contribution >= 4 is 0 Å². The van der Waals surface area contributed by atoms with E-state index in [0.717, 1.165) is 17.3 Å². The summed E-state index contributed by atoms with van der Waals surface area (Å²) in [5.41, 5.74) is 0.734. The summed E-state index contributed by atoms with van der Waals surface area (Å²) in [5.74, 6) is 2.19. The second kappa shape index (κ2) is 1.53. The maximum atomic E-state index is 2.45. The van der Waals surface area contributed by atoms with E-state index in [-0.39, 0.29) is 0 Å². The monoisotopic (exact) mass is 124 g/mol. The lowest BCUT2D eigenvalue weighted by atomic mass is 9.49. The molecule has 0 aliphatic heterocycles. The molecule has 0 heterocycles. The van der Waals surface area contributed by atoms with Crippen molar-refractivity contribution in [1.82, 2.24) is 0 Å². The van der Waals surface area contributed by atoms with Crippen LogP contribution >= 0.6 is 0 Å². The molecular weight excluding hydrogens is 108 g/mol. The minimum absolute atomic E-state index is 0.734. The Morgan fingerprint density at radius 3 is 1.89 bits per heavy atom. The molecule has 0 radical (unpaired) electrons. The van der Waals surface area contributed by atoms with E-state index >= 15 is 0 Å². The van der Waals surface area contributed by atoms with E-state index in [4.69, 9.17) is 0 Å². The standard InChI is InChI=1S/C9H16/c1-9(2)7-4-3-5-8(9)6-7/h7-8H,3-6H2,1-2H3/t7-,8+. The fraction of sp³-hybridized carbons (Fsp3) is 1.00. The molecule has 0 amide bonds. The molecule has 0 aromatic heterocycles. The lowest BCUT2D eigenvalue weighted by Crippen LogP contribution is -2.47. The van der Waals surface area contributed by atoms with Crippen molar-refractivity contribution in [2.45, 2.75) is 39.5 Å². The molecule has 0 nitrogen and oxygen atoms in total. The summed E-state index contributed by atoms with van der Waals surface area (Å²) in [5, 5.41) is 0. The maximum absolute atomic E-state index is 2.45. The minimum Gasteiger partial charge on any atom is -0.0594 e. The molecule has 3 rings (SSSR count). The average Bonchev–Trinajstić information content (AvgIpc) is 1.89. The highest BCUT2D eigenvalue weighted by molar-refractivity contribution is 4.99. The van der Waals surface area contributed by atoms with Crippen molar-refractivity contribution in [3.63, 3.8) is 0 Å². The van der Waals surface area contributed by atoms with Crippen molar-refractivity contribution < 1.29 is 0 Å². The van der Waals surface area contributed by atoms with E-state index in [1.807, 2.05) is 0 Å². The van der Waals surface area contributed by atoms with Crippen LogP contribution in [0.15, 0.2) is 0 Å². The van der Waals surface area contributed by atoms with Crippen molar-refractivity contribution in [1.29, 1.82) is 0 Å². The summed E-state index contributed by atoms with van der Waals surface area (Å²) in [6.07, 6.45) is 6.10. The van der Waals surface area contributed by atoms with E-state index in [1.54, 1.807) is 6.42 Å². The maximum Gasteiger partial charge on any atom is -0.0297 e. The Balaban J connectivity index is 2.13. The van der Waals surface area contributed by atoms with Gasteiger partial charge in [-0.15, -0.1) is 0 Å². The highest BCUT2D eigenvalue weighted by Crippen LogP contribution is 2.58. The van der Waals surface area contributed by atoms with Crippen LogP contribution in [-0.4, -0.2) is 0 Å². The van der Waals surface area contributed by atoms with Crippen LogP contribution in [0.2, 0.25) is 0 Å². The van der Waals surface area contributed by atoms with E-state index in [1.165, 1.54) is 19.3 Å². The first kappa shape index (κ1) is 5.76. The van der Waals surface area contributed by atoms with Crippen LogP contribution in [0.1, 0.15) is 39.5 Å². The van der Waals surface area contributed by atoms with Gasteiger partial charge in [0, 0.05) is 0 Å². The third-order valence-electron chi connectivity index (χ3n) is 3.78. The Bertz CT molecular complexity index is 108. The summed E-state index contributed by atoms with van der Waals surface area (Å²) in [7, 11) is 0. The second-order valence-electron chi connectivity index (χ2n) is 4.38.